The molecule has 0 unspecified atom stereocenters. The predicted octanol–water partition coefficient (Wildman–Crippen LogP) is 4.22. The summed E-state index contributed by atoms with van der Waals surface area (Å²) < 4.78 is 1.17. The molecule has 0 aliphatic heterocycles. The van der Waals surface area contributed by atoms with E-state index in [4.69, 9.17) is 5.73 Å². The first-order valence-corrected chi connectivity index (χ1v) is 8.52. The normalized spacial score (nSPS) is 11.0. The zero-order chi connectivity index (χ0) is 16.2. The monoisotopic (exact) mass is 369 g/mol. The second kappa shape index (κ2) is 7.11. The Morgan fingerprint density at radius 2 is 1.96 bits per heavy atom. The summed E-state index contributed by atoms with van der Waals surface area (Å²) in [6.07, 6.45) is 1.01. The van der Waals surface area contributed by atoms with Gasteiger partial charge in [-0.25, -0.2) is 4.98 Å². The zero-order valence-electron chi connectivity index (χ0n) is 13.1. The van der Waals surface area contributed by atoms with Crippen LogP contribution < -0.4 is 11.1 Å². The van der Waals surface area contributed by atoms with Crippen LogP contribution in [0.1, 0.15) is 16.7 Å². The molecule has 1 heterocycles. The molecule has 0 bridgehead atoms. The molecule has 0 aliphatic rings. The fraction of sp³-hybridized carbons (Fsp3) is 0.211. The topological polar surface area (TPSA) is 50.9 Å². The van der Waals surface area contributed by atoms with Crippen LogP contribution in [0.5, 0.6) is 0 Å². The predicted molar refractivity (Wildman–Crippen MR) is 100 cm³/mol. The quantitative estimate of drug-likeness (QED) is 0.661. The van der Waals surface area contributed by atoms with Crippen molar-refractivity contribution >= 4 is 32.7 Å². The minimum absolute atomic E-state index is 0.578. The van der Waals surface area contributed by atoms with Gasteiger partial charge in [-0.2, -0.15) is 0 Å². The minimum Gasteiger partial charge on any atom is -0.384 e. The van der Waals surface area contributed by atoms with Crippen LogP contribution in [-0.2, 0) is 13.0 Å². The Labute approximate surface area is 145 Å². The molecule has 0 spiro atoms. The van der Waals surface area contributed by atoms with Crippen molar-refractivity contribution in [2.45, 2.75) is 19.9 Å². The Morgan fingerprint density at radius 1 is 1.13 bits per heavy atom. The SMILES string of the molecule is Cc1cc(N)nc2ccc(CNCCc3ccccc3Br)cc12. The number of anilines is 1. The Kier molecular flexibility index (Phi) is 4.94. The highest BCUT2D eigenvalue weighted by molar-refractivity contribution is 9.10. The average molecular weight is 370 g/mol. The van der Waals surface area contributed by atoms with Gasteiger partial charge in [0.15, 0.2) is 0 Å². The van der Waals surface area contributed by atoms with Gasteiger partial charge in [-0.05, 0) is 60.8 Å². The van der Waals surface area contributed by atoms with Gasteiger partial charge >= 0.3 is 0 Å². The summed E-state index contributed by atoms with van der Waals surface area (Å²) in [7, 11) is 0. The van der Waals surface area contributed by atoms with Crippen LogP contribution in [0.4, 0.5) is 5.82 Å². The second-order valence-corrected chi connectivity index (χ2v) is 6.59. The third-order valence-electron chi connectivity index (χ3n) is 3.96. The number of pyridine rings is 1. The fourth-order valence-electron chi connectivity index (χ4n) is 2.73. The van der Waals surface area contributed by atoms with Gasteiger partial charge in [0.2, 0.25) is 0 Å². The zero-order valence-corrected chi connectivity index (χ0v) is 14.7. The second-order valence-electron chi connectivity index (χ2n) is 5.73. The molecular weight excluding hydrogens is 350 g/mol. The number of benzene rings is 2. The van der Waals surface area contributed by atoms with Crippen molar-refractivity contribution in [2.24, 2.45) is 0 Å². The molecule has 0 aliphatic carbocycles. The lowest BCUT2D eigenvalue weighted by Gasteiger charge is -2.09. The lowest BCUT2D eigenvalue weighted by Crippen LogP contribution is -2.16. The van der Waals surface area contributed by atoms with Crippen LogP contribution in [0.2, 0.25) is 0 Å². The number of fused-ring (bicyclic) bond motifs is 1. The molecule has 0 saturated carbocycles. The lowest BCUT2D eigenvalue weighted by atomic mass is 10.1. The van der Waals surface area contributed by atoms with E-state index < -0.39 is 0 Å². The van der Waals surface area contributed by atoms with Gasteiger partial charge in [0.25, 0.3) is 0 Å². The largest absolute Gasteiger partial charge is 0.384 e. The first kappa shape index (κ1) is 16.0. The third-order valence-corrected chi connectivity index (χ3v) is 4.73. The van der Waals surface area contributed by atoms with E-state index in [1.807, 2.05) is 18.2 Å². The molecule has 118 valence electrons. The van der Waals surface area contributed by atoms with Crippen LogP contribution in [0, 0.1) is 6.92 Å². The van der Waals surface area contributed by atoms with Gasteiger partial charge in [0.1, 0.15) is 5.82 Å². The molecule has 0 atom stereocenters. The minimum atomic E-state index is 0.578. The molecule has 2 aromatic carbocycles. The van der Waals surface area contributed by atoms with E-state index in [1.165, 1.54) is 26.5 Å². The van der Waals surface area contributed by atoms with Crippen LogP contribution in [0.25, 0.3) is 10.9 Å². The summed E-state index contributed by atoms with van der Waals surface area (Å²) in [4.78, 5) is 4.38. The lowest BCUT2D eigenvalue weighted by molar-refractivity contribution is 0.686. The van der Waals surface area contributed by atoms with Crippen molar-refractivity contribution in [1.29, 1.82) is 0 Å². The van der Waals surface area contributed by atoms with E-state index in [0.29, 0.717) is 5.82 Å². The molecular formula is C19H20BrN3. The number of halogens is 1. The van der Waals surface area contributed by atoms with E-state index in [2.05, 4.69) is 63.5 Å². The van der Waals surface area contributed by atoms with Crippen molar-refractivity contribution in [3.05, 3.63) is 69.7 Å². The molecule has 23 heavy (non-hydrogen) atoms. The van der Waals surface area contributed by atoms with Crippen LogP contribution in [0.15, 0.2) is 53.0 Å². The molecule has 3 N–H and O–H groups in total. The molecule has 0 fully saturated rings. The number of hydrogen-bond acceptors (Lipinski definition) is 3. The Balaban J connectivity index is 1.62. The Morgan fingerprint density at radius 3 is 2.78 bits per heavy atom. The van der Waals surface area contributed by atoms with Crippen molar-refractivity contribution < 1.29 is 0 Å². The average Bonchev–Trinajstić information content (AvgIpc) is 2.53. The molecule has 1 aromatic heterocycles. The molecule has 0 saturated heterocycles. The van der Waals surface area contributed by atoms with E-state index in [0.717, 1.165) is 25.0 Å². The van der Waals surface area contributed by atoms with Gasteiger partial charge in [-0.15, -0.1) is 0 Å². The number of aromatic nitrogens is 1. The first-order valence-electron chi connectivity index (χ1n) is 7.73. The molecule has 3 rings (SSSR count). The van der Waals surface area contributed by atoms with E-state index in [1.54, 1.807) is 0 Å². The number of aryl methyl sites for hydroxylation is 1. The summed E-state index contributed by atoms with van der Waals surface area (Å²) in [5, 5.41) is 4.68. The van der Waals surface area contributed by atoms with E-state index >= 15 is 0 Å². The van der Waals surface area contributed by atoms with Gasteiger partial charge < -0.3 is 11.1 Å². The Hall–Kier alpha value is -1.91. The highest BCUT2D eigenvalue weighted by Gasteiger charge is 2.03. The molecule has 3 nitrogen and oxygen atoms in total. The van der Waals surface area contributed by atoms with Crippen LogP contribution in [0.3, 0.4) is 0 Å². The Bertz CT molecular complexity index is 830. The van der Waals surface area contributed by atoms with E-state index in [9.17, 15) is 0 Å². The number of nitrogen functional groups attached to an aromatic ring is 1. The summed E-state index contributed by atoms with van der Waals surface area (Å²) >= 11 is 3.59. The molecule has 3 aromatic rings. The summed E-state index contributed by atoms with van der Waals surface area (Å²) in [5.74, 6) is 0.578. The smallest absolute Gasteiger partial charge is 0.124 e. The summed E-state index contributed by atoms with van der Waals surface area (Å²) in [6, 6.07) is 16.6. The summed E-state index contributed by atoms with van der Waals surface area (Å²) in [6.45, 7) is 3.87. The number of hydrogen-bond donors (Lipinski definition) is 2. The van der Waals surface area contributed by atoms with Gasteiger partial charge in [0, 0.05) is 16.4 Å². The fourth-order valence-corrected chi connectivity index (χ4v) is 3.22. The van der Waals surface area contributed by atoms with Crippen LogP contribution in [-0.4, -0.2) is 11.5 Å². The highest BCUT2D eigenvalue weighted by atomic mass is 79.9. The first-order chi connectivity index (χ1) is 11.1. The van der Waals surface area contributed by atoms with Gasteiger partial charge in [-0.1, -0.05) is 40.2 Å². The van der Waals surface area contributed by atoms with Gasteiger partial charge in [-0.3, -0.25) is 0 Å². The van der Waals surface area contributed by atoms with Crippen LogP contribution >= 0.6 is 15.9 Å². The van der Waals surface area contributed by atoms with Crippen molar-refractivity contribution in [3.8, 4) is 0 Å². The number of nitrogens with zero attached hydrogens (tertiary/aromatic N) is 1. The molecule has 4 heteroatoms. The maximum Gasteiger partial charge on any atom is 0.124 e. The molecule has 0 radical (unpaired) electrons. The molecule has 0 amide bonds. The standard InChI is InChI=1S/C19H20BrN3/c1-13-10-19(21)23-18-7-6-14(11-16(13)18)12-22-9-8-15-4-2-3-5-17(15)20/h2-7,10-11,22H,8-9,12H2,1H3,(H2,21,23). The third kappa shape index (κ3) is 3.89. The van der Waals surface area contributed by atoms with Crippen molar-refractivity contribution in [3.63, 3.8) is 0 Å². The highest BCUT2D eigenvalue weighted by Crippen LogP contribution is 2.20. The maximum atomic E-state index is 5.80. The summed E-state index contributed by atoms with van der Waals surface area (Å²) in [5.41, 5.74) is 10.5. The van der Waals surface area contributed by atoms with Crippen molar-refractivity contribution in [1.82, 2.24) is 10.3 Å². The van der Waals surface area contributed by atoms with E-state index in [-0.39, 0.29) is 0 Å². The number of rotatable bonds is 5. The number of nitrogens with two attached hydrogens (primary N) is 1. The van der Waals surface area contributed by atoms with Gasteiger partial charge in [0.05, 0.1) is 5.52 Å². The maximum absolute atomic E-state index is 5.80. The van der Waals surface area contributed by atoms with Crippen molar-refractivity contribution in [2.75, 3.05) is 12.3 Å². The number of nitrogens with one attached hydrogen (secondary N) is 1.